The third kappa shape index (κ3) is 4.94. The van der Waals surface area contributed by atoms with Crippen LogP contribution < -0.4 is 4.74 Å². The Balaban J connectivity index is 1.78. The molecule has 13 heteroatoms. The monoisotopic (exact) mass is 518 g/mol. The lowest BCUT2D eigenvalue weighted by Gasteiger charge is -2.13. The lowest BCUT2D eigenvalue weighted by atomic mass is 10.1. The number of nitrogens with zero attached hydrogens (tertiary/aromatic N) is 2. The smallest absolute Gasteiger partial charge is 0.450 e. The summed E-state index contributed by atoms with van der Waals surface area (Å²) in [6.07, 6.45) is -9.12. The molecule has 0 radical (unpaired) electrons. The number of alkyl halides is 6. The Labute approximate surface area is 193 Å². The molecule has 35 heavy (non-hydrogen) atoms. The number of benzene rings is 3. The largest absolute Gasteiger partial charge is 0.457 e. The maximum absolute atomic E-state index is 13.8. The van der Waals surface area contributed by atoms with Crippen LogP contribution in [0, 0.1) is 5.82 Å². The van der Waals surface area contributed by atoms with Crippen LogP contribution in [-0.4, -0.2) is 24.2 Å². The number of aromatic nitrogens is 2. The van der Waals surface area contributed by atoms with Gasteiger partial charge in [-0.05, 0) is 48.5 Å². The van der Waals surface area contributed by atoms with E-state index >= 15 is 0 Å². The fourth-order valence-electron chi connectivity index (χ4n) is 3.39. The summed E-state index contributed by atoms with van der Waals surface area (Å²) in [7, 11) is -3.75. The van der Waals surface area contributed by atoms with Crippen LogP contribution in [0.5, 0.6) is 11.5 Å². The number of imidazole rings is 1. The van der Waals surface area contributed by atoms with Crippen LogP contribution in [-0.2, 0) is 22.2 Å². The minimum Gasteiger partial charge on any atom is -0.457 e. The minimum atomic E-state index is -5.07. The van der Waals surface area contributed by atoms with Crippen LogP contribution in [0.25, 0.3) is 16.7 Å². The highest BCUT2D eigenvalue weighted by molar-refractivity contribution is 7.90. The van der Waals surface area contributed by atoms with Crippen molar-refractivity contribution in [1.82, 2.24) is 9.55 Å². The number of fused-ring (bicyclic) bond motifs is 1. The zero-order chi connectivity index (χ0) is 25.8. The molecule has 0 atom stereocenters. The molecule has 1 heterocycles. The molecule has 5 nitrogen and oxygen atoms in total. The van der Waals surface area contributed by atoms with Crippen molar-refractivity contribution in [2.45, 2.75) is 17.2 Å². The molecule has 3 aromatic carbocycles. The summed E-state index contributed by atoms with van der Waals surface area (Å²) in [6.45, 7) is 0. The van der Waals surface area contributed by atoms with Gasteiger partial charge in [0, 0.05) is 18.0 Å². The quantitative estimate of drug-likeness (QED) is 0.294. The molecule has 0 aliphatic heterocycles. The van der Waals surface area contributed by atoms with Gasteiger partial charge in [0.05, 0.1) is 16.0 Å². The first kappa shape index (κ1) is 24.5. The van der Waals surface area contributed by atoms with Crippen LogP contribution in [0.3, 0.4) is 0 Å². The second-order valence-electron chi connectivity index (χ2n) is 7.43. The van der Waals surface area contributed by atoms with Crippen molar-refractivity contribution < 1.29 is 43.9 Å². The van der Waals surface area contributed by atoms with Crippen molar-refractivity contribution in [2.75, 3.05) is 6.26 Å². The maximum Gasteiger partial charge on any atom is 0.450 e. The lowest BCUT2D eigenvalue weighted by molar-refractivity contribution is -0.146. The van der Waals surface area contributed by atoms with Gasteiger partial charge in [0.1, 0.15) is 22.8 Å². The van der Waals surface area contributed by atoms with Crippen LogP contribution in [0.2, 0.25) is 0 Å². The van der Waals surface area contributed by atoms with Crippen LogP contribution in [0.15, 0.2) is 65.6 Å². The third-order valence-electron chi connectivity index (χ3n) is 4.85. The number of hydrogen-bond donors (Lipinski definition) is 0. The molecule has 0 saturated carbocycles. The van der Waals surface area contributed by atoms with Crippen molar-refractivity contribution in [3.63, 3.8) is 0 Å². The predicted molar refractivity (Wildman–Crippen MR) is 111 cm³/mol. The minimum absolute atomic E-state index is 0.00719. The first-order chi connectivity index (χ1) is 16.1. The Morgan fingerprint density at radius 1 is 0.857 bits per heavy atom. The van der Waals surface area contributed by atoms with Gasteiger partial charge in [-0.3, -0.25) is 4.57 Å². The fourth-order valence-corrected chi connectivity index (χ4v) is 4.05. The number of para-hydroxylation sites is 1. The molecule has 0 aliphatic rings. The molecule has 0 spiro atoms. The summed E-state index contributed by atoms with van der Waals surface area (Å²) < 4.78 is 124. The molecular weight excluding hydrogens is 505 g/mol. The van der Waals surface area contributed by atoms with Crippen LogP contribution in [0.1, 0.15) is 11.4 Å². The van der Waals surface area contributed by atoms with E-state index < -0.39 is 50.4 Å². The highest BCUT2D eigenvalue weighted by Gasteiger charge is 2.41. The van der Waals surface area contributed by atoms with Gasteiger partial charge in [-0.2, -0.15) is 26.3 Å². The maximum atomic E-state index is 13.8. The van der Waals surface area contributed by atoms with Crippen molar-refractivity contribution >= 4 is 20.9 Å². The molecule has 0 unspecified atom stereocenters. The summed E-state index contributed by atoms with van der Waals surface area (Å²) in [6, 6.07) is 10.1. The van der Waals surface area contributed by atoms with Gasteiger partial charge in [-0.25, -0.2) is 17.8 Å². The van der Waals surface area contributed by atoms with Gasteiger partial charge in [0.2, 0.25) is 5.82 Å². The van der Waals surface area contributed by atoms with E-state index in [9.17, 15) is 39.2 Å². The molecule has 0 N–H and O–H groups in total. The topological polar surface area (TPSA) is 61.2 Å². The third-order valence-corrected chi connectivity index (χ3v) is 5.94. The molecule has 1 aromatic heterocycles. The van der Waals surface area contributed by atoms with E-state index in [2.05, 4.69) is 4.98 Å². The zero-order valence-electron chi connectivity index (χ0n) is 17.4. The van der Waals surface area contributed by atoms with Gasteiger partial charge in [0.15, 0.2) is 9.84 Å². The molecule has 184 valence electrons. The molecular formula is C22H13F7N2O3S. The van der Waals surface area contributed by atoms with Crippen molar-refractivity contribution in [1.29, 1.82) is 0 Å². The number of sulfone groups is 1. The van der Waals surface area contributed by atoms with E-state index in [1.165, 1.54) is 12.1 Å². The van der Waals surface area contributed by atoms with E-state index in [0.29, 0.717) is 10.6 Å². The van der Waals surface area contributed by atoms with Gasteiger partial charge in [-0.15, -0.1) is 0 Å². The molecule has 0 fully saturated rings. The predicted octanol–water partition coefficient (Wildman–Crippen LogP) is 6.40. The van der Waals surface area contributed by atoms with Gasteiger partial charge in [0.25, 0.3) is 0 Å². The molecule has 0 amide bonds. The number of rotatable bonds is 4. The summed E-state index contributed by atoms with van der Waals surface area (Å²) in [4.78, 5) is 2.90. The molecule has 0 saturated heterocycles. The van der Waals surface area contributed by atoms with Crippen molar-refractivity contribution in [3.05, 3.63) is 77.9 Å². The second kappa shape index (κ2) is 8.26. The van der Waals surface area contributed by atoms with E-state index in [0.717, 1.165) is 48.7 Å². The first-order valence-electron chi connectivity index (χ1n) is 9.59. The summed E-state index contributed by atoms with van der Waals surface area (Å²) in [5, 5.41) is 0. The van der Waals surface area contributed by atoms with Gasteiger partial charge < -0.3 is 4.74 Å². The standard InChI is InChI=1S/C22H13F7N2O3S/c1-35(32,33)16-10-12(23)9-15(11-16)34-14-7-5-13(6-8-14)31-18-4-2-3-17(21(24,25)26)19(18)30-20(31)22(27,28)29/h2-11H,1H3. The van der Waals surface area contributed by atoms with Crippen LogP contribution >= 0.6 is 0 Å². The Bertz CT molecular complexity index is 1520. The van der Waals surface area contributed by atoms with Gasteiger partial charge >= 0.3 is 12.4 Å². The SMILES string of the molecule is CS(=O)(=O)c1cc(F)cc(Oc2ccc(-n3c(C(F)(F)F)nc4c(C(F)(F)F)cccc43)cc2)c1. The average molecular weight is 518 g/mol. The van der Waals surface area contributed by atoms with E-state index in [1.807, 2.05) is 0 Å². The number of hydrogen-bond acceptors (Lipinski definition) is 4. The Kier molecular flexibility index (Phi) is 5.78. The highest BCUT2D eigenvalue weighted by atomic mass is 32.2. The summed E-state index contributed by atoms with van der Waals surface area (Å²) >= 11 is 0. The number of ether oxygens (including phenoxy) is 1. The fraction of sp³-hybridized carbons (Fsp3) is 0.136. The molecule has 4 rings (SSSR count). The Morgan fingerprint density at radius 2 is 1.51 bits per heavy atom. The molecule has 0 bridgehead atoms. The number of halogens is 7. The Morgan fingerprint density at radius 3 is 2.09 bits per heavy atom. The van der Waals surface area contributed by atoms with Crippen molar-refractivity contribution in [3.8, 4) is 17.2 Å². The second-order valence-corrected chi connectivity index (χ2v) is 9.45. The summed E-state index contributed by atoms with van der Waals surface area (Å²) in [5.74, 6) is -2.62. The molecule has 0 aliphatic carbocycles. The van der Waals surface area contributed by atoms with E-state index in [1.54, 1.807) is 0 Å². The van der Waals surface area contributed by atoms with E-state index in [-0.39, 0.29) is 22.1 Å². The van der Waals surface area contributed by atoms with Crippen LogP contribution in [0.4, 0.5) is 30.7 Å². The average Bonchev–Trinajstić information content (AvgIpc) is 3.13. The van der Waals surface area contributed by atoms with E-state index in [4.69, 9.17) is 4.74 Å². The highest BCUT2D eigenvalue weighted by Crippen LogP contribution is 2.39. The molecule has 4 aromatic rings. The Hall–Kier alpha value is -3.61. The van der Waals surface area contributed by atoms with Crippen molar-refractivity contribution in [2.24, 2.45) is 0 Å². The van der Waals surface area contributed by atoms with Gasteiger partial charge in [-0.1, -0.05) is 6.07 Å². The zero-order valence-corrected chi connectivity index (χ0v) is 18.3. The normalized spacial score (nSPS) is 12.8. The summed E-state index contributed by atoms with van der Waals surface area (Å²) in [5.41, 5.74) is -2.75. The first-order valence-corrected chi connectivity index (χ1v) is 11.5. The lowest BCUT2D eigenvalue weighted by Crippen LogP contribution is -2.13.